The second kappa shape index (κ2) is 11.9. The fraction of sp³-hybridized carbons (Fsp3) is 0.571. The van der Waals surface area contributed by atoms with Crippen LogP contribution >= 0.6 is 0 Å². The first-order chi connectivity index (χ1) is 16.9. The van der Waals surface area contributed by atoms with Crippen LogP contribution in [0.5, 0.6) is 11.6 Å². The highest BCUT2D eigenvalue weighted by molar-refractivity contribution is 5.84. The third-order valence-electron chi connectivity index (χ3n) is 6.95. The highest BCUT2D eigenvalue weighted by atomic mass is 16.5. The van der Waals surface area contributed by atoms with Crippen LogP contribution in [-0.4, -0.2) is 40.2 Å². The Morgan fingerprint density at radius 1 is 1.14 bits per heavy atom. The molecule has 3 N–H and O–H groups in total. The highest BCUT2D eigenvalue weighted by Crippen LogP contribution is 2.36. The summed E-state index contributed by atoms with van der Waals surface area (Å²) in [6, 6.07) is 12.0. The number of rotatable bonds is 9. The Balaban J connectivity index is 1.50. The number of aliphatic imine (C=N–C) groups is 1. The van der Waals surface area contributed by atoms with Crippen LogP contribution in [0.25, 0.3) is 0 Å². The molecule has 1 saturated carbocycles. The van der Waals surface area contributed by atoms with Crippen molar-refractivity contribution in [1.82, 2.24) is 20.7 Å². The van der Waals surface area contributed by atoms with Gasteiger partial charge in [0.25, 0.3) is 0 Å². The zero-order valence-electron chi connectivity index (χ0n) is 21.5. The van der Waals surface area contributed by atoms with Crippen LogP contribution in [0, 0.1) is 11.3 Å². The number of hydrogen-bond acceptors (Lipinski definition) is 7. The molecule has 1 atom stereocenters. The SMILES string of the molecule is CC(C)(C)CNCCCC(C1CCCCC1)N1Cc2cc(Oc3ccccc3)ncc2N=C1NO. The quantitative estimate of drug-likeness (QED) is 0.301. The number of hydroxylamine groups is 1. The summed E-state index contributed by atoms with van der Waals surface area (Å²) < 4.78 is 5.98. The standard InChI is InChI=1S/C28H41N5O2/c1-28(2,3)20-29-16-10-15-25(21-11-6-4-7-12-21)33-19-22-17-26(35-23-13-8-5-9-14-23)30-18-24(22)31-27(33)32-34/h5,8-9,13-14,17-18,21,25,29,34H,4,6-7,10-12,15-16,19-20H2,1-3H3,(H,31,32). The number of hydrogen-bond donors (Lipinski definition) is 3. The van der Waals surface area contributed by atoms with Gasteiger partial charge >= 0.3 is 0 Å². The van der Waals surface area contributed by atoms with Crippen LogP contribution in [0.3, 0.4) is 0 Å². The summed E-state index contributed by atoms with van der Waals surface area (Å²) in [5, 5.41) is 13.6. The van der Waals surface area contributed by atoms with Gasteiger partial charge in [0.15, 0.2) is 0 Å². The van der Waals surface area contributed by atoms with Crippen LogP contribution in [0.2, 0.25) is 0 Å². The molecule has 7 heteroatoms. The summed E-state index contributed by atoms with van der Waals surface area (Å²) in [7, 11) is 0. The van der Waals surface area contributed by atoms with Crippen LogP contribution in [-0.2, 0) is 6.54 Å². The third-order valence-corrected chi connectivity index (χ3v) is 6.95. The van der Waals surface area contributed by atoms with Crippen molar-refractivity contribution in [2.24, 2.45) is 16.3 Å². The van der Waals surface area contributed by atoms with E-state index in [9.17, 15) is 5.21 Å². The molecule has 1 aliphatic heterocycles. The first-order valence-corrected chi connectivity index (χ1v) is 13.1. The predicted molar refractivity (Wildman–Crippen MR) is 140 cm³/mol. The van der Waals surface area contributed by atoms with Crippen LogP contribution in [0.1, 0.15) is 71.3 Å². The van der Waals surface area contributed by atoms with Gasteiger partial charge in [-0.3, -0.25) is 5.21 Å². The first-order valence-electron chi connectivity index (χ1n) is 13.1. The zero-order valence-corrected chi connectivity index (χ0v) is 21.5. The minimum Gasteiger partial charge on any atom is -0.439 e. The van der Waals surface area contributed by atoms with Crippen molar-refractivity contribution in [1.29, 1.82) is 0 Å². The van der Waals surface area contributed by atoms with Crippen LogP contribution < -0.4 is 15.5 Å². The summed E-state index contributed by atoms with van der Waals surface area (Å²) in [5.74, 6) is 2.45. The lowest BCUT2D eigenvalue weighted by atomic mass is 9.81. The Morgan fingerprint density at radius 3 is 2.63 bits per heavy atom. The molecule has 190 valence electrons. The minimum atomic E-state index is 0.285. The Labute approximate surface area is 210 Å². The van der Waals surface area contributed by atoms with E-state index >= 15 is 0 Å². The number of nitrogens with zero attached hydrogens (tertiary/aromatic N) is 3. The van der Waals surface area contributed by atoms with E-state index in [0.717, 1.165) is 42.9 Å². The number of pyridine rings is 1. The lowest BCUT2D eigenvalue weighted by Gasteiger charge is -2.41. The minimum absolute atomic E-state index is 0.285. The fourth-order valence-electron chi connectivity index (χ4n) is 5.23. The Bertz CT molecular complexity index is 967. The van der Waals surface area contributed by atoms with E-state index in [2.05, 4.69) is 41.5 Å². The van der Waals surface area contributed by atoms with E-state index in [4.69, 9.17) is 9.73 Å². The number of fused-ring (bicyclic) bond motifs is 1. The molecule has 2 aliphatic rings. The molecule has 2 aromatic rings. The van der Waals surface area contributed by atoms with Gasteiger partial charge in [0, 0.05) is 24.2 Å². The number of ether oxygens (including phenoxy) is 1. The molecule has 0 radical (unpaired) electrons. The van der Waals surface area contributed by atoms with Crippen molar-refractivity contribution in [3.63, 3.8) is 0 Å². The fourth-order valence-corrected chi connectivity index (χ4v) is 5.23. The maximum absolute atomic E-state index is 10.0. The van der Waals surface area contributed by atoms with Gasteiger partial charge in [0.2, 0.25) is 11.8 Å². The van der Waals surface area contributed by atoms with Gasteiger partial charge in [-0.25, -0.2) is 15.5 Å². The Morgan fingerprint density at radius 2 is 1.91 bits per heavy atom. The molecular formula is C28H41N5O2. The number of aromatic nitrogens is 1. The topological polar surface area (TPSA) is 82.0 Å². The largest absolute Gasteiger partial charge is 0.439 e. The van der Waals surface area contributed by atoms with E-state index in [-0.39, 0.29) is 5.41 Å². The van der Waals surface area contributed by atoms with Crippen LogP contribution in [0.15, 0.2) is 47.6 Å². The number of para-hydroxylation sites is 1. The molecule has 0 amide bonds. The van der Waals surface area contributed by atoms with E-state index in [0.29, 0.717) is 30.3 Å². The Kier molecular flexibility index (Phi) is 8.63. The molecule has 35 heavy (non-hydrogen) atoms. The normalized spacial score (nSPS) is 17.5. The maximum atomic E-state index is 10.0. The Hall–Kier alpha value is -2.64. The molecule has 4 rings (SSSR count). The molecule has 1 aromatic heterocycles. The summed E-state index contributed by atoms with van der Waals surface area (Å²) >= 11 is 0. The molecule has 0 saturated heterocycles. The van der Waals surface area contributed by atoms with Crippen molar-refractivity contribution >= 4 is 11.6 Å². The lowest BCUT2D eigenvalue weighted by Crippen LogP contribution is -2.50. The van der Waals surface area contributed by atoms with Crippen molar-refractivity contribution in [2.75, 3.05) is 13.1 Å². The van der Waals surface area contributed by atoms with Gasteiger partial charge < -0.3 is 15.0 Å². The third kappa shape index (κ3) is 7.18. The molecule has 1 aliphatic carbocycles. The smallest absolute Gasteiger partial charge is 0.224 e. The van der Waals surface area contributed by atoms with Gasteiger partial charge in [-0.05, 0) is 62.2 Å². The molecule has 0 bridgehead atoms. The summed E-state index contributed by atoms with van der Waals surface area (Å²) in [4.78, 5) is 11.4. The molecule has 1 aromatic carbocycles. The van der Waals surface area contributed by atoms with Gasteiger partial charge in [-0.2, -0.15) is 0 Å². The van der Waals surface area contributed by atoms with Gasteiger partial charge in [0.05, 0.1) is 11.9 Å². The second-order valence-corrected chi connectivity index (χ2v) is 11.1. The van der Waals surface area contributed by atoms with Crippen LogP contribution in [0.4, 0.5) is 5.69 Å². The average molecular weight is 480 g/mol. The maximum Gasteiger partial charge on any atom is 0.224 e. The van der Waals surface area contributed by atoms with Crippen molar-refractivity contribution in [2.45, 2.75) is 78.3 Å². The zero-order chi connectivity index (χ0) is 24.7. The van der Waals surface area contributed by atoms with E-state index in [1.807, 2.05) is 36.4 Å². The molecular weight excluding hydrogens is 438 g/mol. The lowest BCUT2D eigenvalue weighted by molar-refractivity contribution is 0.135. The summed E-state index contributed by atoms with van der Waals surface area (Å²) in [6.45, 7) is 9.47. The van der Waals surface area contributed by atoms with E-state index in [1.54, 1.807) is 6.20 Å². The molecule has 0 spiro atoms. The van der Waals surface area contributed by atoms with E-state index in [1.165, 1.54) is 32.1 Å². The second-order valence-electron chi connectivity index (χ2n) is 11.1. The molecule has 1 unspecified atom stereocenters. The predicted octanol–water partition coefficient (Wildman–Crippen LogP) is 6.02. The van der Waals surface area contributed by atoms with Gasteiger partial charge in [0.1, 0.15) is 5.75 Å². The number of guanidine groups is 1. The first kappa shape index (κ1) is 25.5. The molecule has 1 fully saturated rings. The summed E-state index contributed by atoms with van der Waals surface area (Å²) in [6.07, 6.45) is 10.3. The van der Waals surface area contributed by atoms with Gasteiger partial charge in [-0.15, -0.1) is 0 Å². The van der Waals surface area contributed by atoms with Crippen molar-refractivity contribution in [3.8, 4) is 11.6 Å². The number of nitrogens with one attached hydrogen (secondary N) is 2. The van der Waals surface area contributed by atoms with Crippen molar-refractivity contribution in [3.05, 3.63) is 48.2 Å². The highest BCUT2D eigenvalue weighted by Gasteiger charge is 2.33. The van der Waals surface area contributed by atoms with Crippen molar-refractivity contribution < 1.29 is 9.94 Å². The van der Waals surface area contributed by atoms with Gasteiger partial charge in [-0.1, -0.05) is 58.2 Å². The monoisotopic (exact) mass is 479 g/mol. The number of benzene rings is 1. The van der Waals surface area contributed by atoms with E-state index < -0.39 is 0 Å². The average Bonchev–Trinajstić information content (AvgIpc) is 2.86. The summed E-state index contributed by atoms with van der Waals surface area (Å²) in [5.41, 5.74) is 4.51. The molecule has 7 nitrogen and oxygen atoms in total. The molecule has 2 heterocycles.